The summed E-state index contributed by atoms with van der Waals surface area (Å²) in [6, 6.07) is 11.7. The summed E-state index contributed by atoms with van der Waals surface area (Å²) in [5, 5.41) is 3.92. The lowest BCUT2D eigenvalue weighted by Gasteiger charge is -2.15. The van der Waals surface area contributed by atoms with E-state index in [0.29, 0.717) is 5.92 Å². The normalized spacial score (nSPS) is 17.1. The van der Waals surface area contributed by atoms with E-state index in [1.165, 1.54) is 0 Å². The molecule has 0 aliphatic carbocycles. The Balaban J connectivity index is 0.00000192. The topological polar surface area (TPSA) is 32.3 Å². The maximum Gasteiger partial charge on any atom is 0.263 e. The van der Waals surface area contributed by atoms with Gasteiger partial charge in [-0.2, -0.15) is 0 Å². The average Bonchev–Trinajstić information content (AvgIpc) is 3.17. The molecule has 1 aliphatic heterocycles. The predicted octanol–water partition coefficient (Wildman–Crippen LogP) is 4.17. The lowest BCUT2D eigenvalue weighted by Crippen LogP contribution is -2.29. The Bertz CT molecular complexity index is 657. The van der Waals surface area contributed by atoms with Gasteiger partial charge in [-0.3, -0.25) is 4.79 Å². The van der Waals surface area contributed by atoms with Crippen LogP contribution in [0.15, 0.2) is 36.4 Å². The first-order valence-electron chi connectivity index (χ1n) is 7.47. The molecule has 1 unspecified atom stereocenters. The fourth-order valence-corrected chi connectivity index (χ4v) is 3.96. The van der Waals surface area contributed by atoms with Crippen LogP contribution in [0.4, 0.5) is 0 Å². The molecule has 2 heterocycles. The molecule has 1 aromatic carbocycles. The highest BCUT2D eigenvalue weighted by Crippen LogP contribution is 2.30. The molecule has 0 radical (unpaired) electrons. The molecule has 3 rings (SSSR count). The maximum absolute atomic E-state index is 12.6. The van der Waals surface area contributed by atoms with Crippen LogP contribution in [-0.4, -0.2) is 37.5 Å². The van der Waals surface area contributed by atoms with Gasteiger partial charge < -0.3 is 10.2 Å². The van der Waals surface area contributed by atoms with Gasteiger partial charge >= 0.3 is 0 Å². The van der Waals surface area contributed by atoms with Crippen LogP contribution in [0.25, 0.3) is 10.4 Å². The first-order valence-corrected chi connectivity index (χ1v) is 8.66. The molecular weight excluding hydrogens is 351 g/mol. The molecule has 23 heavy (non-hydrogen) atoms. The van der Waals surface area contributed by atoms with Gasteiger partial charge in [-0.15, -0.1) is 23.7 Å². The monoisotopic (exact) mass is 370 g/mol. The molecule has 124 valence electrons. The molecule has 1 aromatic heterocycles. The molecule has 2 aromatic rings. The SMILES string of the molecule is CNCC1CCN(C(=O)c2ccc(-c3ccc(Cl)cc3)s2)C1.Cl. The average molecular weight is 371 g/mol. The zero-order valence-electron chi connectivity index (χ0n) is 12.9. The maximum atomic E-state index is 12.6. The molecule has 0 bridgehead atoms. The van der Waals surface area contributed by atoms with Crippen LogP contribution in [0.3, 0.4) is 0 Å². The van der Waals surface area contributed by atoms with Gasteiger partial charge in [-0.1, -0.05) is 23.7 Å². The highest BCUT2D eigenvalue weighted by atomic mass is 35.5. The van der Waals surface area contributed by atoms with E-state index < -0.39 is 0 Å². The van der Waals surface area contributed by atoms with E-state index in [2.05, 4.69) is 5.32 Å². The summed E-state index contributed by atoms with van der Waals surface area (Å²) in [6.07, 6.45) is 1.09. The number of amides is 1. The van der Waals surface area contributed by atoms with Crippen molar-refractivity contribution in [1.82, 2.24) is 10.2 Å². The van der Waals surface area contributed by atoms with Gasteiger partial charge in [0.25, 0.3) is 5.91 Å². The van der Waals surface area contributed by atoms with Crippen LogP contribution in [0.1, 0.15) is 16.1 Å². The molecule has 1 atom stereocenters. The first kappa shape index (κ1) is 18.3. The molecule has 0 saturated carbocycles. The number of likely N-dealkylation sites (tertiary alicyclic amines) is 1. The minimum Gasteiger partial charge on any atom is -0.338 e. The molecule has 0 spiro atoms. The van der Waals surface area contributed by atoms with E-state index in [1.54, 1.807) is 11.3 Å². The van der Waals surface area contributed by atoms with Crippen molar-refractivity contribution in [3.63, 3.8) is 0 Å². The smallest absolute Gasteiger partial charge is 0.263 e. The van der Waals surface area contributed by atoms with E-state index in [4.69, 9.17) is 11.6 Å². The van der Waals surface area contributed by atoms with Crippen molar-refractivity contribution in [1.29, 1.82) is 0 Å². The van der Waals surface area contributed by atoms with Gasteiger partial charge in [0.1, 0.15) is 0 Å². The molecule has 3 nitrogen and oxygen atoms in total. The number of hydrogen-bond donors (Lipinski definition) is 1. The fraction of sp³-hybridized carbons (Fsp3) is 0.353. The minimum atomic E-state index is 0. The fourth-order valence-electron chi connectivity index (χ4n) is 2.85. The molecule has 1 saturated heterocycles. The van der Waals surface area contributed by atoms with Crippen molar-refractivity contribution >= 4 is 41.3 Å². The zero-order chi connectivity index (χ0) is 15.5. The van der Waals surface area contributed by atoms with Crippen molar-refractivity contribution in [2.75, 3.05) is 26.7 Å². The zero-order valence-corrected chi connectivity index (χ0v) is 15.3. The van der Waals surface area contributed by atoms with E-state index in [9.17, 15) is 4.79 Å². The second kappa shape index (κ2) is 8.15. The Hall–Kier alpha value is -1.07. The molecule has 1 amide bonds. The molecule has 1 fully saturated rings. The number of nitrogens with zero attached hydrogens (tertiary/aromatic N) is 1. The third kappa shape index (κ3) is 4.27. The molecule has 6 heteroatoms. The number of rotatable bonds is 4. The molecule has 1 N–H and O–H groups in total. The quantitative estimate of drug-likeness (QED) is 0.875. The summed E-state index contributed by atoms with van der Waals surface area (Å²) in [5.41, 5.74) is 1.10. The third-order valence-corrected chi connectivity index (χ3v) is 5.39. The van der Waals surface area contributed by atoms with Gasteiger partial charge in [0.15, 0.2) is 0 Å². The first-order chi connectivity index (χ1) is 10.7. The number of benzene rings is 1. The summed E-state index contributed by atoms with van der Waals surface area (Å²) in [6.45, 7) is 2.69. The Kier molecular flexibility index (Phi) is 6.48. The Labute approximate surface area is 152 Å². The van der Waals surface area contributed by atoms with E-state index >= 15 is 0 Å². The second-order valence-corrected chi connectivity index (χ2v) is 7.15. The lowest BCUT2D eigenvalue weighted by molar-refractivity contribution is 0.0792. The Morgan fingerprint density at radius 2 is 2.04 bits per heavy atom. The standard InChI is InChI=1S/C17H19ClN2OS.ClH/c1-19-10-12-8-9-20(11-12)17(21)16-7-6-15(22-16)13-2-4-14(18)5-3-13;/h2-7,12,19H,8-11H2,1H3;1H. The van der Waals surface area contributed by atoms with Crippen LogP contribution in [0, 0.1) is 5.92 Å². The van der Waals surface area contributed by atoms with Crippen molar-refractivity contribution in [2.45, 2.75) is 6.42 Å². The van der Waals surface area contributed by atoms with Crippen LogP contribution >= 0.6 is 35.3 Å². The summed E-state index contributed by atoms with van der Waals surface area (Å²) in [5.74, 6) is 0.730. The highest BCUT2D eigenvalue weighted by molar-refractivity contribution is 7.17. The van der Waals surface area contributed by atoms with Crippen LogP contribution < -0.4 is 5.32 Å². The van der Waals surface area contributed by atoms with Gasteiger partial charge in [-0.05, 0) is 55.8 Å². The molecule has 1 aliphatic rings. The van der Waals surface area contributed by atoms with E-state index in [0.717, 1.165) is 46.4 Å². The van der Waals surface area contributed by atoms with Gasteiger partial charge in [0, 0.05) is 23.0 Å². The Morgan fingerprint density at radius 3 is 2.74 bits per heavy atom. The number of thiophene rings is 1. The summed E-state index contributed by atoms with van der Waals surface area (Å²) < 4.78 is 0. The van der Waals surface area contributed by atoms with Crippen LogP contribution in [0.2, 0.25) is 5.02 Å². The summed E-state index contributed by atoms with van der Waals surface area (Å²) in [4.78, 5) is 16.5. The van der Waals surface area contributed by atoms with Crippen molar-refractivity contribution < 1.29 is 4.79 Å². The minimum absolute atomic E-state index is 0. The Morgan fingerprint density at radius 1 is 1.30 bits per heavy atom. The van der Waals surface area contributed by atoms with E-state index in [1.807, 2.05) is 48.3 Å². The summed E-state index contributed by atoms with van der Waals surface area (Å²) >= 11 is 7.47. The van der Waals surface area contributed by atoms with E-state index in [-0.39, 0.29) is 18.3 Å². The number of carbonyl (C=O) groups excluding carboxylic acids is 1. The lowest BCUT2D eigenvalue weighted by atomic mass is 10.1. The van der Waals surface area contributed by atoms with Crippen molar-refractivity contribution in [3.05, 3.63) is 46.3 Å². The summed E-state index contributed by atoms with van der Waals surface area (Å²) in [7, 11) is 1.96. The highest BCUT2D eigenvalue weighted by Gasteiger charge is 2.27. The third-order valence-electron chi connectivity index (χ3n) is 4.01. The van der Waals surface area contributed by atoms with Gasteiger partial charge in [-0.25, -0.2) is 0 Å². The van der Waals surface area contributed by atoms with Crippen LogP contribution in [-0.2, 0) is 0 Å². The largest absolute Gasteiger partial charge is 0.338 e. The predicted molar refractivity (Wildman–Crippen MR) is 100.0 cm³/mol. The van der Waals surface area contributed by atoms with Crippen molar-refractivity contribution in [3.8, 4) is 10.4 Å². The number of nitrogens with one attached hydrogen (secondary N) is 1. The van der Waals surface area contributed by atoms with Gasteiger partial charge in [0.05, 0.1) is 4.88 Å². The number of hydrogen-bond acceptors (Lipinski definition) is 3. The van der Waals surface area contributed by atoms with Crippen LogP contribution in [0.5, 0.6) is 0 Å². The number of carbonyl (C=O) groups is 1. The van der Waals surface area contributed by atoms with Gasteiger partial charge in [0.2, 0.25) is 0 Å². The molecular formula is C17H20Cl2N2OS. The second-order valence-electron chi connectivity index (χ2n) is 5.63. The van der Waals surface area contributed by atoms with Crippen molar-refractivity contribution in [2.24, 2.45) is 5.92 Å². The number of halogens is 2.